The van der Waals surface area contributed by atoms with Crippen molar-refractivity contribution < 1.29 is 30.8 Å². The van der Waals surface area contributed by atoms with Crippen LogP contribution in [0.4, 0.5) is 17.6 Å². The van der Waals surface area contributed by atoms with Crippen LogP contribution in [-0.2, 0) is 21.0 Å². The highest BCUT2D eigenvalue weighted by Crippen LogP contribution is 2.34. The molecule has 1 amide bonds. The number of aromatic amines is 1. The molecule has 1 aromatic heterocycles. The molecule has 4 rings (SSSR count). The van der Waals surface area contributed by atoms with E-state index in [0.717, 1.165) is 28.7 Å². The van der Waals surface area contributed by atoms with Crippen molar-refractivity contribution in [2.45, 2.75) is 30.5 Å². The van der Waals surface area contributed by atoms with Crippen molar-refractivity contribution in [1.82, 2.24) is 14.6 Å². The fourth-order valence-electron chi connectivity index (χ4n) is 4.03. The Morgan fingerprint density at radius 1 is 1.18 bits per heavy atom. The van der Waals surface area contributed by atoms with E-state index in [2.05, 4.69) is 9.71 Å². The van der Waals surface area contributed by atoms with Gasteiger partial charge in [0.2, 0.25) is 15.9 Å². The molecule has 1 atom stereocenters. The second-order valence-corrected chi connectivity index (χ2v) is 9.68. The maximum absolute atomic E-state index is 13.4. The topological polar surface area (TPSA) is 82.3 Å². The number of rotatable bonds is 5. The number of nitrogens with zero attached hydrogens (tertiary/aromatic N) is 1. The van der Waals surface area contributed by atoms with E-state index in [1.54, 1.807) is 12.3 Å². The molecular weight excluding hydrogens is 474 g/mol. The third kappa shape index (κ3) is 4.71. The first-order chi connectivity index (χ1) is 16.0. The third-order valence-electron chi connectivity index (χ3n) is 5.69. The number of halogens is 4. The van der Waals surface area contributed by atoms with Gasteiger partial charge in [0.25, 0.3) is 0 Å². The summed E-state index contributed by atoms with van der Waals surface area (Å²) in [6.07, 6.45) is -0.789. The number of H-pyrrole nitrogens is 1. The molecule has 0 saturated heterocycles. The van der Waals surface area contributed by atoms with Crippen molar-refractivity contribution in [1.29, 1.82) is 0 Å². The van der Waals surface area contributed by atoms with E-state index in [1.165, 1.54) is 30.0 Å². The largest absolute Gasteiger partial charge is 0.417 e. The summed E-state index contributed by atoms with van der Waals surface area (Å²) < 4.78 is 80.5. The van der Waals surface area contributed by atoms with Crippen molar-refractivity contribution >= 4 is 32.4 Å². The number of hydrogen-bond acceptors (Lipinski definition) is 3. The molecule has 2 aromatic carbocycles. The second kappa shape index (κ2) is 8.88. The molecule has 0 radical (unpaired) electrons. The lowest BCUT2D eigenvalue weighted by atomic mass is 9.98. The molecule has 3 aromatic rings. The summed E-state index contributed by atoms with van der Waals surface area (Å²) in [5.41, 5.74) is 1.19. The summed E-state index contributed by atoms with van der Waals surface area (Å²) in [6.45, 7) is 1.79. The van der Waals surface area contributed by atoms with Gasteiger partial charge in [-0.1, -0.05) is 18.2 Å². The van der Waals surface area contributed by atoms with Gasteiger partial charge in [-0.2, -0.15) is 17.9 Å². The Bertz CT molecular complexity index is 1380. The molecule has 0 fully saturated rings. The first-order valence-corrected chi connectivity index (χ1v) is 11.9. The zero-order valence-electron chi connectivity index (χ0n) is 18.0. The number of alkyl halides is 3. The van der Waals surface area contributed by atoms with E-state index >= 15 is 0 Å². The van der Waals surface area contributed by atoms with E-state index in [0.29, 0.717) is 24.5 Å². The van der Waals surface area contributed by atoms with Crippen molar-refractivity contribution in [3.05, 3.63) is 71.7 Å². The smallest absolute Gasteiger partial charge is 0.360 e. The molecule has 34 heavy (non-hydrogen) atoms. The Labute approximate surface area is 193 Å². The van der Waals surface area contributed by atoms with Crippen LogP contribution in [0.1, 0.15) is 24.5 Å². The van der Waals surface area contributed by atoms with Crippen LogP contribution in [0.25, 0.3) is 16.5 Å². The lowest BCUT2D eigenvalue weighted by molar-refractivity contribution is -0.139. The van der Waals surface area contributed by atoms with Crippen LogP contribution >= 0.6 is 0 Å². The number of aromatic nitrogens is 1. The van der Waals surface area contributed by atoms with Gasteiger partial charge in [-0.3, -0.25) is 4.79 Å². The van der Waals surface area contributed by atoms with E-state index in [4.69, 9.17) is 0 Å². The maximum atomic E-state index is 13.4. The monoisotopic (exact) mass is 495 g/mol. The number of carbonyl (C=O) groups is 1. The quantitative estimate of drug-likeness (QED) is 0.518. The van der Waals surface area contributed by atoms with Gasteiger partial charge in [-0.05, 0) is 49.2 Å². The van der Waals surface area contributed by atoms with Gasteiger partial charge in [0.05, 0.1) is 16.5 Å². The normalized spacial score (nSPS) is 15.9. The summed E-state index contributed by atoms with van der Waals surface area (Å²) in [5.74, 6) is -0.908. The molecule has 11 heteroatoms. The molecule has 180 valence electrons. The van der Waals surface area contributed by atoms with Gasteiger partial charge in [-0.25, -0.2) is 12.8 Å². The predicted octanol–water partition coefficient (Wildman–Crippen LogP) is 4.31. The summed E-state index contributed by atoms with van der Waals surface area (Å²) >= 11 is 0. The average Bonchev–Trinajstić information content (AvgIpc) is 3.21. The van der Waals surface area contributed by atoms with Gasteiger partial charge in [-0.15, -0.1) is 0 Å². The number of sulfonamides is 1. The Kier molecular flexibility index (Phi) is 6.26. The van der Waals surface area contributed by atoms with Crippen molar-refractivity contribution in [2.24, 2.45) is 0 Å². The van der Waals surface area contributed by atoms with Crippen LogP contribution < -0.4 is 4.72 Å². The van der Waals surface area contributed by atoms with E-state index < -0.39 is 38.6 Å². The number of nitrogens with one attached hydrogen (secondary N) is 2. The first-order valence-electron chi connectivity index (χ1n) is 10.4. The zero-order valence-corrected chi connectivity index (χ0v) is 18.8. The van der Waals surface area contributed by atoms with Crippen LogP contribution in [0.3, 0.4) is 0 Å². The predicted molar refractivity (Wildman–Crippen MR) is 119 cm³/mol. The second-order valence-electron chi connectivity index (χ2n) is 7.99. The van der Waals surface area contributed by atoms with Crippen molar-refractivity contribution in [3.63, 3.8) is 0 Å². The highest BCUT2D eigenvalue weighted by atomic mass is 32.2. The minimum Gasteiger partial charge on any atom is -0.360 e. The molecule has 2 N–H and O–H groups in total. The minimum atomic E-state index is -4.86. The lowest BCUT2D eigenvalue weighted by Gasteiger charge is -2.29. The molecule has 0 bridgehead atoms. The number of carbonyl (C=O) groups excluding carboxylic acids is 1. The van der Waals surface area contributed by atoms with Crippen molar-refractivity contribution in [2.75, 3.05) is 13.1 Å². The summed E-state index contributed by atoms with van der Waals surface area (Å²) in [5, 5.41) is 0.844. The Balaban J connectivity index is 1.47. The fraction of sp³-hybridized carbons (Fsp3) is 0.261. The summed E-state index contributed by atoms with van der Waals surface area (Å²) in [6, 6.07) is 6.97. The molecule has 0 unspecified atom stereocenters. The molecule has 6 nitrogen and oxygen atoms in total. The van der Waals surface area contributed by atoms with Crippen LogP contribution in [0.2, 0.25) is 0 Å². The first kappa shape index (κ1) is 24.0. The van der Waals surface area contributed by atoms with Crippen LogP contribution in [0.5, 0.6) is 0 Å². The van der Waals surface area contributed by atoms with Gasteiger partial charge < -0.3 is 9.88 Å². The fourth-order valence-corrected chi connectivity index (χ4v) is 5.46. The summed E-state index contributed by atoms with van der Waals surface area (Å²) in [7, 11) is -4.60. The maximum Gasteiger partial charge on any atom is 0.417 e. The molecular formula is C23H21F4N3O3S. The number of hydrogen-bond donors (Lipinski definition) is 2. The molecule has 0 saturated carbocycles. The summed E-state index contributed by atoms with van der Waals surface area (Å²) in [4.78, 5) is 16.3. The van der Waals surface area contributed by atoms with Crippen LogP contribution in [0, 0.1) is 5.82 Å². The van der Waals surface area contributed by atoms with Gasteiger partial charge in [0.1, 0.15) is 5.82 Å². The lowest BCUT2D eigenvalue weighted by Crippen LogP contribution is -2.48. The number of benzene rings is 2. The molecule has 0 spiro atoms. The SMILES string of the molecule is C[C@H](NS(=O)(=O)c1ccccc1C(F)(F)F)C(=O)N1CC=C(c2c[nH]c3cc(F)ccc23)CC1. The minimum absolute atomic E-state index is 0.202. The number of fused-ring (bicyclic) bond motifs is 1. The van der Waals surface area contributed by atoms with Crippen molar-refractivity contribution in [3.8, 4) is 0 Å². The van der Waals surface area contributed by atoms with Gasteiger partial charge in [0.15, 0.2) is 0 Å². The van der Waals surface area contributed by atoms with E-state index in [-0.39, 0.29) is 12.4 Å². The Hall–Kier alpha value is -3.18. The molecule has 1 aliphatic heterocycles. The van der Waals surface area contributed by atoms with E-state index in [9.17, 15) is 30.8 Å². The van der Waals surface area contributed by atoms with Gasteiger partial charge in [0, 0.05) is 35.8 Å². The molecule has 0 aliphatic carbocycles. The highest BCUT2D eigenvalue weighted by molar-refractivity contribution is 7.89. The van der Waals surface area contributed by atoms with Crippen LogP contribution in [0.15, 0.2) is 59.6 Å². The standard InChI is InChI=1S/C23H21F4N3O3S/c1-14(29-34(32,33)21-5-3-2-4-19(21)23(25,26)27)22(31)30-10-8-15(9-11-30)18-13-28-20-12-16(24)6-7-17(18)20/h2-8,12-14,28-29H,9-11H2,1H3/t14-/m0/s1. The Morgan fingerprint density at radius 3 is 2.59 bits per heavy atom. The third-order valence-corrected chi connectivity index (χ3v) is 7.29. The average molecular weight is 495 g/mol. The number of amides is 1. The van der Waals surface area contributed by atoms with E-state index in [1.807, 2.05) is 6.08 Å². The highest BCUT2D eigenvalue weighted by Gasteiger charge is 2.38. The van der Waals surface area contributed by atoms with Crippen LogP contribution in [-0.4, -0.2) is 43.3 Å². The van der Waals surface area contributed by atoms with Gasteiger partial charge >= 0.3 is 6.18 Å². The molecule has 1 aliphatic rings. The zero-order chi connectivity index (χ0) is 24.7. The Morgan fingerprint density at radius 2 is 1.91 bits per heavy atom. The molecule has 2 heterocycles.